The van der Waals surface area contributed by atoms with Gasteiger partial charge in [-0.1, -0.05) is 12.8 Å². The zero-order chi connectivity index (χ0) is 16.0. The van der Waals surface area contributed by atoms with Crippen molar-refractivity contribution in [2.75, 3.05) is 33.4 Å². The summed E-state index contributed by atoms with van der Waals surface area (Å²) in [5.41, 5.74) is 0. The summed E-state index contributed by atoms with van der Waals surface area (Å²) in [5.74, 6) is 0.751. The number of nitrogens with zero attached hydrogens (tertiary/aromatic N) is 1. The van der Waals surface area contributed by atoms with E-state index < -0.39 is 0 Å². The summed E-state index contributed by atoms with van der Waals surface area (Å²) in [6.07, 6.45) is 7.29. The first-order valence-corrected chi connectivity index (χ1v) is 8.48. The number of guanidine groups is 1. The number of carbonyl (C=O) groups excluding carboxylic acids is 1. The summed E-state index contributed by atoms with van der Waals surface area (Å²) in [6, 6.07) is 0. The van der Waals surface area contributed by atoms with E-state index in [1.165, 1.54) is 0 Å². The fourth-order valence-corrected chi connectivity index (χ4v) is 2.42. The second kappa shape index (κ2) is 15.0. The summed E-state index contributed by atoms with van der Waals surface area (Å²) >= 11 is 0. The molecule has 1 fully saturated rings. The number of nitrogens with one attached hydrogen (secondary N) is 2. The van der Waals surface area contributed by atoms with Crippen LogP contribution in [0.2, 0.25) is 0 Å². The third-order valence-electron chi connectivity index (χ3n) is 3.65. The normalized spacial score (nSPS) is 17.5. The minimum Gasteiger partial charge on any atom is -0.466 e. The Morgan fingerprint density at radius 2 is 2.04 bits per heavy atom. The maximum atomic E-state index is 11.2. The van der Waals surface area contributed by atoms with Gasteiger partial charge in [0.05, 0.1) is 12.7 Å². The molecule has 1 saturated heterocycles. The Kier molecular flexibility index (Phi) is 14.6. The van der Waals surface area contributed by atoms with Crippen LogP contribution in [0.4, 0.5) is 0 Å². The molecule has 1 atom stereocenters. The van der Waals surface area contributed by atoms with Crippen LogP contribution < -0.4 is 10.6 Å². The van der Waals surface area contributed by atoms with Gasteiger partial charge < -0.3 is 20.1 Å². The number of aliphatic imine (C=N–C) groups is 1. The van der Waals surface area contributed by atoms with Gasteiger partial charge in [-0.2, -0.15) is 0 Å². The Morgan fingerprint density at radius 3 is 2.70 bits per heavy atom. The van der Waals surface area contributed by atoms with Crippen LogP contribution in [0.15, 0.2) is 4.99 Å². The molecular weight excluding hydrogens is 409 g/mol. The van der Waals surface area contributed by atoms with E-state index in [-0.39, 0.29) is 29.9 Å². The first-order valence-electron chi connectivity index (χ1n) is 8.48. The number of unbranched alkanes of at least 4 members (excludes halogenated alkanes) is 3. The van der Waals surface area contributed by atoms with Crippen LogP contribution in [0.3, 0.4) is 0 Å². The van der Waals surface area contributed by atoms with Crippen LogP contribution in [0.25, 0.3) is 0 Å². The van der Waals surface area contributed by atoms with Crippen LogP contribution in [-0.4, -0.2) is 51.4 Å². The maximum Gasteiger partial charge on any atom is 0.305 e. The highest BCUT2D eigenvalue weighted by molar-refractivity contribution is 14.0. The van der Waals surface area contributed by atoms with Gasteiger partial charge in [-0.25, -0.2) is 0 Å². The minimum absolute atomic E-state index is 0. The molecule has 0 saturated carbocycles. The van der Waals surface area contributed by atoms with Crippen LogP contribution in [0.1, 0.15) is 51.9 Å². The van der Waals surface area contributed by atoms with Crippen LogP contribution in [0.5, 0.6) is 0 Å². The molecule has 0 aromatic heterocycles. The fourth-order valence-electron chi connectivity index (χ4n) is 2.42. The van der Waals surface area contributed by atoms with Crippen molar-refractivity contribution in [3.63, 3.8) is 0 Å². The van der Waals surface area contributed by atoms with Crippen molar-refractivity contribution in [1.82, 2.24) is 10.6 Å². The predicted octanol–water partition coefficient (Wildman–Crippen LogP) is 2.46. The highest BCUT2D eigenvalue weighted by Crippen LogP contribution is 2.10. The minimum atomic E-state index is -0.0839. The number of carbonyl (C=O) groups is 1. The molecule has 0 radical (unpaired) electrons. The van der Waals surface area contributed by atoms with Gasteiger partial charge in [-0.05, 0) is 32.6 Å². The summed E-state index contributed by atoms with van der Waals surface area (Å²) in [7, 11) is 1.78. The average Bonchev–Trinajstić information content (AvgIpc) is 3.03. The molecular formula is C16H32IN3O3. The predicted molar refractivity (Wildman–Crippen MR) is 103 cm³/mol. The first kappa shape index (κ1) is 22.4. The Bertz CT molecular complexity index is 335. The lowest BCUT2D eigenvalue weighted by Gasteiger charge is -2.14. The van der Waals surface area contributed by atoms with Crippen molar-refractivity contribution < 1.29 is 14.3 Å². The third-order valence-corrected chi connectivity index (χ3v) is 3.65. The van der Waals surface area contributed by atoms with Crippen molar-refractivity contribution in [3.8, 4) is 0 Å². The van der Waals surface area contributed by atoms with E-state index in [4.69, 9.17) is 9.47 Å². The smallest absolute Gasteiger partial charge is 0.305 e. The van der Waals surface area contributed by atoms with Gasteiger partial charge >= 0.3 is 5.97 Å². The molecule has 0 aromatic carbocycles. The number of rotatable bonds is 10. The molecule has 23 heavy (non-hydrogen) atoms. The summed E-state index contributed by atoms with van der Waals surface area (Å²) in [6.45, 7) is 4.90. The van der Waals surface area contributed by atoms with Crippen molar-refractivity contribution in [2.45, 2.75) is 58.0 Å². The number of hydrogen-bond donors (Lipinski definition) is 2. The second-order valence-corrected chi connectivity index (χ2v) is 5.48. The van der Waals surface area contributed by atoms with Gasteiger partial charge in [0.1, 0.15) is 0 Å². The lowest BCUT2D eigenvalue weighted by atomic mass is 10.1. The van der Waals surface area contributed by atoms with E-state index in [9.17, 15) is 4.79 Å². The lowest BCUT2D eigenvalue weighted by molar-refractivity contribution is -0.143. The second-order valence-electron chi connectivity index (χ2n) is 5.48. The molecule has 6 nitrogen and oxygen atoms in total. The largest absolute Gasteiger partial charge is 0.466 e. The Labute approximate surface area is 157 Å². The molecule has 0 bridgehead atoms. The van der Waals surface area contributed by atoms with Crippen molar-refractivity contribution in [1.29, 1.82) is 0 Å². The van der Waals surface area contributed by atoms with Crippen LogP contribution >= 0.6 is 24.0 Å². The van der Waals surface area contributed by atoms with E-state index >= 15 is 0 Å². The molecule has 0 spiro atoms. The van der Waals surface area contributed by atoms with Crippen LogP contribution in [-0.2, 0) is 14.3 Å². The SMILES string of the molecule is CCOC(=O)CCCCCCNC(=NC)NCC1CCCO1.I. The molecule has 2 N–H and O–H groups in total. The molecule has 1 unspecified atom stereocenters. The van der Waals surface area contributed by atoms with Gasteiger partial charge in [0.2, 0.25) is 0 Å². The molecule has 0 aliphatic carbocycles. The molecule has 1 heterocycles. The molecule has 1 rings (SSSR count). The maximum absolute atomic E-state index is 11.2. The standard InChI is InChI=1S/C16H31N3O3.HI/c1-3-21-15(20)10-6-4-5-7-11-18-16(17-2)19-13-14-9-8-12-22-14;/h14H,3-13H2,1-2H3,(H2,17,18,19);1H. The Balaban J connectivity index is 0.00000484. The van der Waals surface area contributed by atoms with E-state index in [2.05, 4.69) is 15.6 Å². The number of ether oxygens (including phenoxy) is 2. The third kappa shape index (κ3) is 11.6. The number of esters is 1. The van der Waals surface area contributed by atoms with E-state index in [0.717, 1.165) is 64.2 Å². The van der Waals surface area contributed by atoms with E-state index in [1.54, 1.807) is 7.05 Å². The van der Waals surface area contributed by atoms with Crippen molar-refractivity contribution in [2.24, 2.45) is 4.99 Å². The highest BCUT2D eigenvalue weighted by atomic mass is 127. The van der Waals surface area contributed by atoms with E-state index in [1.807, 2.05) is 6.92 Å². The summed E-state index contributed by atoms with van der Waals surface area (Å²) < 4.78 is 10.5. The molecule has 1 aliphatic heterocycles. The van der Waals surface area contributed by atoms with E-state index in [0.29, 0.717) is 19.1 Å². The molecule has 0 amide bonds. The zero-order valence-electron chi connectivity index (χ0n) is 14.4. The van der Waals surface area contributed by atoms with Gasteiger partial charge in [0.15, 0.2) is 5.96 Å². The van der Waals surface area contributed by atoms with Gasteiger partial charge in [0.25, 0.3) is 0 Å². The fraction of sp³-hybridized carbons (Fsp3) is 0.875. The quantitative estimate of drug-likeness (QED) is 0.179. The monoisotopic (exact) mass is 441 g/mol. The molecule has 7 heteroatoms. The first-order chi connectivity index (χ1) is 10.8. The number of hydrogen-bond acceptors (Lipinski definition) is 4. The summed E-state index contributed by atoms with van der Waals surface area (Å²) in [4.78, 5) is 15.4. The zero-order valence-corrected chi connectivity index (χ0v) is 16.8. The van der Waals surface area contributed by atoms with Gasteiger partial charge in [-0.15, -0.1) is 24.0 Å². The summed E-state index contributed by atoms with van der Waals surface area (Å²) in [5, 5.41) is 6.60. The van der Waals surface area contributed by atoms with Crippen molar-refractivity contribution >= 4 is 35.9 Å². The molecule has 136 valence electrons. The average molecular weight is 441 g/mol. The lowest BCUT2D eigenvalue weighted by Crippen LogP contribution is -2.41. The van der Waals surface area contributed by atoms with Crippen molar-refractivity contribution in [3.05, 3.63) is 0 Å². The van der Waals surface area contributed by atoms with Gasteiger partial charge in [0, 0.05) is 33.2 Å². The topological polar surface area (TPSA) is 72.0 Å². The number of halogens is 1. The molecule has 1 aliphatic rings. The highest BCUT2D eigenvalue weighted by Gasteiger charge is 2.15. The van der Waals surface area contributed by atoms with Crippen LogP contribution in [0, 0.1) is 0 Å². The Hall–Kier alpha value is -0.570. The Morgan fingerprint density at radius 1 is 1.26 bits per heavy atom. The van der Waals surface area contributed by atoms with Gasteiger partial charge in [-0.3, -0.25) is 9.79 Å². The molecule has 0 aromatic rings.